The predicted molar refractivity (Wildman–Crippen MR) is 102 cm³/mol. The van der Waals surface area contributed by atoms with E-state index in [0.717, 1.165) is 0 Å². The maximum absolute atomic E-state index is 11.3. The summed E-state index contributed by atoms with van der Waals surface area (Å²) in [5.41, 5.74) is 6.09. The molecule has 0 saturated carbocycles. The number of hydrogen-bond donors (Lipinski definition) is 2. The first-order valence-electron chi connectivity index (χ1n) is 7.42. The van der Waals surface area contributed by atoms with Gasteiger partial charge in [0.15, 0.2) is 6.61 Å². The topological polar surface area (TPSA) is 91.0 Å². The highest BCUT2D eigenvalue weighted by molar-refractivity contribution is 6.43. The molecule has 0 saturated heterocycles. The van der Waals surface area contributed by atoms with E-state index in [0.29, 0.717) is 17.1 Å². The number of ether oxygens (including phenoxy) is 3. The Morgan fingerprint density at radius 3 is 2.46 bits per heavy atom. The highest BCUT2D eigenvalue weighted by Crippen LogP contribution is 2.41. The fourth-order valence-electron chi connectivity index (χ4n) is 1.96. The van der Waals surface area contributed by atoms with E-state index in [4.69, 9.17) is 43.1 Å². The molecule has 0 aliphatic rings. The third-order valence-corrected chi connectivity index (χ3v) is 4.01. The van der Waals surface area contributed by atoms with Crippen LogP contribution in [0.2, 0.25) is 10.0 Å². The molecule has 2 aromatic carbocycles. The van der Waals surface area contributed by atoms with E-state index in [1.807, 2.05) is 0 Å². The molecule has 0 spiro atoms. The Morgan fingerprint density at radius 1 is 1.15 bits per heavy atom. The van der Waals surface area contributed by atoms with Crippen LogP contribution in [-0.4, -0.2) is 24.3 Å². The van der Waals surface area contributed by atoms with E-state index < -0.39 is 5.97 Å². The van der Waals surface area contributed by atoms with Crippen LogP contribution in [0.15, 0.2) is 30.3 Å². The molecule has 0 aromatic heterocycles. The molecule has 9 heteroatoms. The van der Waals surface area contributed by atoms with Crippen LogP contribution in [0.3, 0.4) is 0 Å². The van der Waals surface area contributed by atoms with Crippen LogP contribution < -0.4 is 15.2 Å². The summed E-state index contributed by atoms with van der Waals surface area (Å²) >= 11 is 12.4. The van der Waals surface area contributed by atoms with Crippen molar-refractivity contribution in [1.29, 1.82) is 0 Å². The van der Waals surface area contributed by atoms with Crippen molar-refractivity contribution in [3.8, 4) is 23.0 Å². The largest absolute Gasteiger partial charge is 0.508 e. The predicted octanol–water partition coefficient (Wildman–Crippen LogP) is 4.31. The van der Waals surface area contributed by atoms with Crippen LogP contribution in [0, 0.1) is 0 Å². The van der Waals surface area contributed by atoms with E-state index in [1.54, 1.807) is 25.1 Å². The number of nitrogens with two attached hydrogens (primary N) is 1. The van der Waals surface area contributed by atoms with Crippen LogP contribution >= 0.6 is 35.6 Å². The van der Waals surface area contributed by atoms with Gasteiger partial charge in [-0.05, 0) is 37.3 Å². The number of carbonyl (C=O) groups excluding carboxylic acids is 1. The molecule has 0 heterocycles. The number of hydrogen-bond acceptors (Lipinski definition) is 6. The fraction of sp³-hybridized carbons (Fsp3) is 0.235. The monoisotopic (exact) mass is 421 g/mol. The third-order valence-electron chi connectivity index (χ3n) is 3.16. The molecule has 0 fully saturated rings. The zero-order valence-electron chi connectivity index (χ0n) is 13.8. The number of aromatic hydroxyl groups is 1. The van der Waals surface area contributed by atoms with E-state index >= 15 is 0 Å². The average molecular weight is 423 g/mol. The number of rotatable bonds is 7. The lowest BCUT2D eigenvalue weighted by Gasteiger charge is -2.13. The molecule has 3 N–H and O–H groups in total. The second-order valence-electron chi connectivity index (χ2n) is 4.88. The SMILES string of the molecule is CCOC(=O)COc1ccc(Oc2ccc(O)c(CN)c2)c(Cl)c1Cl.Cl. The molecular weight excluding hydrogens is 405 g/mol. The lowest BCUT2D eigenvalue weighted by atomic mass is 10.2. The minimum absolute atomic E-state index is 0. The molecule has 0 aliphatic heterocycles. The molecule has 0 aliphatic carbocycles. The molecule has 0 unspecified atom stereocenters. The normalized spacial score (nSPS) is 10.0. The first-order valence-corrected chi connectivity index (χ1v) is 8.18. The smallest absolute Gasteiger partial charge is 0.344 e. The van der Waals surface area contributed by atoms with Gasteiger partial charge in [-0.3, -0.25) is 0 Å². The summed E-state index contributed by atoms with van der Waals surface area (Å²) in [7, 11) is 0. The van der Waals surface area contributed by atoms with Gasteiger partial charge in [-0.25, -0.2) is 4.79 Å². The van der Waals surface area contributed by atoms with Crippen molar-refractivity contribution >= 4 is 41.6 Å². The van der Waals surface area contributed by atoms with Gasteiger partial charge in [0, 0.05) is 12.1 Å². The van der Waals surface area contributed by atoms with Crippen molar-refractivity contribution < 1.29 is 24.1 Å². The highest BCUT2D eigenvalue weighted by Gasteiger charge is 2.15. The summed E-state index contributed by atoms with van der Waals surface area (Å²) in [6.07, 6.45) is 0. The Hall–Kier alpha value is -1.86. The van der Waals surface area contributed by atoms with E-state index in [2.05, 4.69) is 0 Å². The van der Waals surface area contributed by atoms with Gasteiger partial charge in [0.2, 0.25) is 0 Å². The summed E-state index contributed by atoms with van der Waals surface area (Å²) in [5, 5.41) is 9.88. The number of halogens is 3. The molecule has 142 valence electrons. The molecule has 0 radical (unpaired) electrons. The Balaban J connectivity index is 0.00000338. The molecular formula is C17H18Cl3NO5. The molecule has 0 amide bonds. The second kappa shape index (κ2) is 10.3. The summed E-state index contributed by atoms with van der Waals surface area (Å²) < 4.78 is 15.7. The lowest BCUT2D eigenvalue weighted by Crippen LogP contribution is -2.14. The summed E-state index contributed by atoms with van der Waals surface area (Å²) in [6.45, 7) is 1.86. The Morgan fingerprint density at radius 2 is 1.81 bits per heavy atom. The Bertz CT molecular complexity index is 770. The Labute approximate surface area is 167 Å². The standard InChI is InChI=1S/C17H17Cl2NO5.ClH/c1-2-23-15(22)9-24-13-5-6-14(17(19)16(13)18)25-11-3-4-12(21)10(7-11)8-20;/h3-7,21H,2,8-9,20H2,1H3;1H. The summed E-state index contributed by atoms with van der Waals surface area (Å²) in [4.78, 5) is 11.3. The lowest BCUT2D eigenvalue weighted by molar-refractivity contribution is -0.145. The minimum atomic E-state index is -0.506. The van der Waals surface area contributed by atoms with Gasteiger partial charge < -0.3 is 25.1 Å². The first-order chi connectivity index (χ1) is 12.0. The first kappa shape index (κ1) is 22.2. The molecule has 2 aromatic rings. The van der Waals surface area contributed by atoms with Crippen LogP contribution in [0.25, 0.3) is 0 Å². The van der Waals surface area contributed by atoms with Crippen LogP contribution in [-0.2, 0) is 16.1 Å². The number of esters is 1. The van der Waals surface area contributed by atoms with Gasteiger partial charge in [-0.2, -0.15) is 0 Å². The van der Waals surface area contributed by atoms with E-state index in [9.17, 15) is 9.90 Å². The molecule has 0 atom stereocenters. The molecule has 0 bridgehead atoms. The van der Waals surface area contributed by atoms with Crippen LogP contribution in [0.4, 0.5) is 0 Å². The van der Waals surface area contributed by atoms with Gasteiger partial charge >= 0.3 is 5.97 Å². The molecule has 26 heavy (non-hydrogen) atoms. The molecule has 6 nitrogen and oxygen atoms in total. The van der Waals surface area contributed by atoms with Crippen molar-refractivity contribution in [1.82, 2.24) is 0 Å². The third kappa shape index (κ3) is 5.57. The van der Waals surface area contributed by atoms with Gasteiger partial charge in [0.1, 0.15) is 33.0 Å². The summed E-state index contributed by atoms with van der Waals surface area (Å²) in [6, 6.07) is 7.75. The number of phenols is 1. The van der Waals surface area contributed by atoms with Crippen molar-refractivity contribution in [2.75, 3.05) is 13.2 Å². The van der Waals surface area contributed by atoms with Gasteiger partial charge in [-0.15, -0.1) is 12.4 Å². The van der Waals surface area contributed by atoms with Crippen LogP contribution in [0.1, 0.15) is 12.5 Å². The molecule has 2 rings (SSSR count). The van der Waals surface area contributed by atoms with Crippen molar-refractivity contribution in [2.24, 2.45) is 5.73 Å². The second-order valence-corrected chi connectivity index (χ2v) is 5.64. The van der Waals surface area contributed by atoms with Gasteiger partial charge in [-0.1, -0.05) is 23.2 Å². The minimum Gasteiger partial charge on any atom is -0.508 e. The van der Waals surface area contributed by atoms with Crippen LogP contribution in [0.5, 0.6) is 23.0 Å². The number of carbonyl (C=O) groups is 1. The van der Waals surface area contributed by atoms with E-state index in [-0.39, 0.29) is 53.7 Å². The Kier molecular flexibility index (Phi) is 8.81. The highest BCUT2D eigenvalue weighted by atomic mass is 35.5. The van der Waals surface area contributed by atoms with Crippen molar-refractivity contribution in [3.05, 3.63) is 45.9 Å². The zero-order chi connectivity index (χ0) is 18.4. The van der Waals surface area contributed by atoms with Gasteiger partial charge in [0.05, 0.1) is 6.61 Å². The van der Waals surface area contributed by atoms with Crippen molar-refractivity contribution in [2.45, 2.75) is 13.5 Å². The maximum Gasteiger partial charge on any atom is 0.344 e. The van der Waals surface area contributed by atoms with Gasteiger partial charge in [0.25, 0.3) is 0 Å². The summed E-state index contributed by atoms with van der Waals surface area (Å²) in [5.74, 6) is 0.552. The van der Waals surface area contributed by atoms with E-state index in [1.165, 1.54) is 12.1 Å². The quantitative estimate of drug-likeness (QED) is 0.646. The van der Waals surface area contributed by atoms with Crippen molar-refractivity contribution in [3.63, 3.8) is 0 Å². The maximum atomic E-state index is 11.3. The number of phenolic OH excluding ortho intramolecular Hbond substituents is 1. The zero-order valence-corrected chi connectivity index (χ0v) is 16.2. The average Bonchev–Trinajstić information content (AvgIpc) is 2.60. The number of benzene rings is 2. The fourth-order valence-corrected chi connectivity index (χ4v) is 2.36.